The number of rotatable bonds is 8. The van der Waals surface area contributed by atoms with Crippen molar-refractivity contribution >= 4 is 0 Å². The molecule has 1 saturated heterocycles. The predicted molar refractivity (Wildman–Crippen MR) is 68.7 cm³/mol. The topological polar surface area (TPSA) is 88.4 Å². The van der Waals surface area contributed by atoms with E-state index in [1.54, 1.807) is 0 Å². The second kappa shape index (κ2) is 8.84. The van der Waals surface area contributed by atoms with Gasteiger partial charge in [-0.1, -0.05) is 20.3 Å². The fourth-order valence-corrected chi connectivity index (χ4v) is 1.99. The highest BCUT2D eigenvalue weighted by molar-refractivity contribution is 4.90. The standard InChI is InChI=1S/C13H26O6/c1-3-5-7-17-12-9(8-14)19-13(18-6-4-2)11(16)10(12)15/h9-16H,3-8H2,1-2H3. The third-order valence-corrected chi connectivity index (χ3v) is 3.12. The summed E-state index contributed by atoms with van der Waals surface area (Å²) in [4.78, 5) is 0. The van der Waals surface area contributed by atoms with E-state index in [-0.39, 0.29) is 6.61 Å². The Kier molecular flexibility index (Phi) is 7.82. The molecule has 6 heteroatoms. The molecule has 114 valence electrons. The van der Waals surface area contributed by atoms with E-state index in [2.05, 4.69) is 0 Å². The first kappa shape index (κ1) is 16.8. The molecule has 3 N–H and O–H groups in total. The number of aliphatic hydroxyl groups is 3. The lowest BCUT2D eigenvalue weighted by molar-refractivity contribution is -0.307. The van der Waals surface area contributed by atoms with Crippen molar-refractivity contribution in [2.75, 3.05) is 19.8 Å². The largest absolute Gasteiger partial charge is 0.394 e. The van der Waals surface area contributed by atoms with E-state index in [1.165, 1.54) is 0 Å². The summed E-state index contributed by atoms with van der Waals surface area (Å²) in [5, 5.41) is 29.3. The Bertz CT molecular complexity index is 235. The van der Waals surface area contributed by atoms with Gasteiger partial charge in [0.1, 0.15) is 24.4 Å². The van der Waals surface area contributed by atoms with E-state index < -0.39 is 30.7 Å². The van der Waals surface area contributed by atoms with Crippen molar-refractivity contribution in [2.45, 2.75) is 63.8 Å². The van der Waals surface area contributed by atoms with Crippen molar-refractivity contribution in [3.05, 3.63) is 0 Å². The summed E-state index contributed by atoms with van der Waals surface area (Å²) in [5.74, 6) is 0. The Balaban J connectivity index is 2.58. The zero-order valence-electron chi connectivity index (χ0n) is 11.7. The van der Waals surface area contributed by atoms with E-state index >= 15 is 0 Å². The minimum atomic E-state index is -1.17. The highest BCUT2D eigenvalue weighted by atomic mass is 16.7. The fraction of sp³-hybridized carbons (Fsp3) is 1.00. The van der Waals surface area contributed by atoms with Gasteiger partial charge in [0.15, 0.2) is 6.29 Å². The molecule has 0 aromatic rings. The summed E-state index contributed by atoms with van der Waals surface area (Å²) in [6.45, 7) is 4.57. The smallest absolute Gasteiger partial charge is 0.186 e. The molecule has 0 radical (unpaired) electrons. The molecule has 1 aliphatic rings. The van der Waals surface area contributed by atoms with Gasteiger partial charge in [-0.25, -0.2) is 0 Å². The molecular formula is C13H26O6. The molecular weight excluding hydrogens is 252 g/mol. The van der Waals surface area contributed by atoms with E-state index in [0.717, 1.165) is 19.3 Å². The van der Waals surface area contributed by atoms with Gasteiger partial charge in [0.2, 0.25) is 0 Å². The van der Waals surface area contributed by atoms with Gasteiger partial charge in [-0.15, -0.1) is 0 Å². The monoisotopic (exact) mass is 278 g/mol. The lowest BCUT2D eigenvalue weighted by Gasteiger charge is -2.41. The number of hydrogen-bond donors (Lipinski definition) is 3. The molecule has 6 nitrogen and oxygen atoms in total. The molecule has 0 bridgehead atoms. The average Bonchev–Trinajstić information content (AvgIpc) is 2.42. The maximum Gasteiger partial charge on any atom is 0.186 e. The van der Waals surface area contributed by atoms with Crippen LogP contribution in [0.5, 0.6) is 0 Å². The minimum Gasteiger partial charge on any atom is -0.394 e. The first-order valence-electron chi connectivity index (χ1n) is 7.01. The Morgan fingerprint density at radius 3 is 2.32 bits per heavy atom. The molecule has 1 aliphatic heterocycles. The summed E-state index contributed by atoms with van der Waals surface area (Å²) in [6.07, 6.45) is -2.01. The molecule has 1 fully saturated rings. The fourth-order valence-electron chi connectivity index (χ4n) is 1.99. The Morgan fingerprint density at radius 1 is 1.00 bits per heavy atom. The molecule has 19 heavy (non-hydrogen) atoms. The van der Waals surface area contributed by atoms with Crippen LogP contribution in [0.2, 0.25) is 0 Å². The van der Waals surface area contributed by atoms with Crippen molar-refractivity contribution < 1.29 is 29.5 Å². The SMILES string of the molecule is CCCCOC1C(CO)OC(OCCC)C(O)C1O. The minimum absolute atomic E-state index is 0.285. The zero-order valence-corrected chi connectivity index (χ0v) is 11.7. The molecule has 0 aromatic heterocycles. The van der Waals surface area contributed by atoms with Crippen LogP contribution in [0.25, 0.3) is 0 Å². The summed E-state index contributed by atoms with van der Waals surface area (Å²) in [5.41, 5.74) is 0. The highest BCUT2D eigenvalue weighted by Crippen LogP contribution is 2.24. The van der Waals surface area contributed by atoms with Crippen LogP contribution in [0.15, 0.2) is 0 Å². The maximum atomic E-state index is 10.1. The second-order valence-electron chi connectivity index (χ2n) is 4.77. The average molecular weight is 278 g/mol. The normalized spacial score (nSPS) is 35.5. The second-order valence-corrected chi connectivity index (χ2v) is 4.77. The number of unbranched alkanes of at least 4 members (excludes halogenated alkanes) is 1. The maximum absolute atomic E-state index is 10.1. The summed E-state index contributed by atoms with van der Waals surface area (Å²) >= 11 is 0. The quantitative estimate of drug-likeness (QED) is 0.543. The van der Waals surface area contributed by atoms with Crippen LogP contribution in [-0.4, -0.2) is 65.8 Å². The van der Waals surface area contributed by atoms with E-state index in [1.807, 2.05) is 13.8 Å². The lowest BCUT2D eigenvalue weighted by Crippen LogP contribution is -2.60. The van der Waals surface area contributed by atoms with Crippen molar-refractivity contribution in [2.24, 2.45) is 0 Å². The Labute approximate surface area is 114 Å². The van der Waals surface area contributed by atoms with Gasteiger partial charge in [-0.05, 0) is 12.8 Å². The predicted octanol–water partition coefficient (Wildman–Crippen LogP) is 0.0373. The molecule has 5 atom stereocenters. The third kappa shape index (κ3) is 4.66. The lowest BCUT2D eigenvalue weighted by atomic mass is 9.99. The van der Waals surface area contributed by atoms with Crippen LogP contribution in [0.4, 0.5) is 0 Å². The molecule has 5 unspecified atom stereocenters. The van der Waals surface area contributed by atoms with Crippen molar-refractivity contribution in [1.29, 1.82) is 0 Å². The zero-order chi connectivity index (χ0) is 14.3. The van der Waals surface area contributed by atoms with E-state index in [4.69, 9.17) is 14.2 Å². The molecule has 1 heterocycles. The van der Waals surface area contributed by atoms with Crippen LogP contribution in [-0.2, 0) is 14.2 Å². The molecule has 0 saturated carbocycles. The van der Waals surface area contributed by atoms with Gasteiger partial charge in [-0.3, -0.25) is 0 Å². The van der Waals surface area contributed by atoms with Crippen molar-refractivity contribution in [3.8, 4) is 0 Å². The van der Waals surface area contributed by atoms with Gasteiger partial charge in [0.05, 0.1) is 6.61 Å². The number of aliphatic hydroxyl groups excluding tert-OH is 3. The highest BCUT2D eigenvalue weighted by Gasteiger charge is 2.45. The van der Waals surface area contributed by atoms with E-state index in [0.29, 0.717) is 13.2 Å². The first-order valence-corrected chi connectivity index (χ1v) is 7.01. The van der Waals surface area contributed by atoms with Gasteiger partial charge < -0.3 is 29.5 Å². The van der Waals surface area contributed by atoms with E-state index in [9.17, 15) is 15.3 Å². The molecule has 0 aliphatic carbocycles. The van der Waals surface area contributed by atoms with Crippen LogP contribution in [0.3, 0.4) is 0 Å². The van der Waals surface area contributed by atoms with Gasteiger partial charge in [-0.2, -0.15) is 0 Å². The molecule has 0 amide bonds. The van der Waals surface area contributed by atoms with Crippen LogP contribution < -0.4 is 0 Å². The summed E-state index contributed by atoms with van der Waals surface area (Å²) < 4.78 is 16.3. The molecule has 1 rings (SSSR count). The Morgan fingerprint density at radius 2 is 1.74 bits per heavy atom. The van der Waals surface area contributed by atoms with Crippen LogP contribution >= 0.6 is 0 Å². The third-order valence-electron chi connectivity index (χ3n) is 3.12. The van der Waals surface area contributed by atoms with Crippen molar-refractivity contribution in [3.63, 3.8) is 0 Å². The summed E-state index contributed by atoms with van der Waals surface area (Å²) in [6, 6.07) is 0. The van der Waals surface area contributed by atoms with Gasteiger partial charge in [0.25, 0.3) is 0 Å². The van der Waals surface area contributed by atoms with Crippen molar-refractivity contribution in [1.82, 2.24) is 0 Å². The van der Waals surface area contributed by atoms with Gasteiger partial charge >= 0.3 is 0 Å². The molecule has 0 spiro atoms. The van der Waals surface area contributed by atoms with Crippen LogP contribution in [0.1, 0.15) is 33.1 Å². The number of hydrogen-bond acceptors (Lipinski definition) is 6. The first-order chi connectivity index (χ1) is 9.15. The number of ether oxygens (including phenoxy) is 3. The summed E-state index contributed by atoms with van der Waals surface area (Å²) in [7, 11) is 0. The van der Waals surface area contributed by atoms with Gasteiger partial charge in [0, 0.05) is 13.2 Å². The molecule has 0 aromatic carbocycles. The van der Waals surface area contributed by atoms with Crippen LogP contribution in [0, 0.1) is 0 Å². The Hall–Kier alpha value is -0.240.